The van der Waals surface area contributed by atoms with Crippen LogP contribution in [0, 0.1) is 5.92 Å². The second-order valence-corrected chi connectivity index (χ2v) is 8.68. The number of allylic oxidation sites excluding steroid dienone is 1. The first-order chi connectivity index (χ1) is 11.4. The van der Waals surface area contributed by atoms with Gasteiger partial charge in [-0.25, -0.2) is 8.42 Å². The first kappa shape index (κ1) is 17.2. The van der Waals surface area contributed by atoms with Crippen LogP contribution < -0.4 is 0 Å². The minimum absolute atomic E-state index is 0.0503. The molecule has 0 aromatic heterocycles. The number of sulfonamides is 1. The Morgan fingerprint density at radius 3 is 2.38 bits per heavy atom. The van der Waals surface area contributed by atoms with Crippen LogP contribution in [0.25, 0.3) is 6.08 Å². The number of hydrogen-bond donors (Lipinski definition) is 0. The number of aryl methyl sites for hydroxylation is 1. The van der Waals surface area contributed by atoms with Crippen LogP contribution in [0.2, 0.25) is 0 Å². The van der Waals surface area contributed by atoms with Gasteiger partial charge in [-0.3, -0.25) is 4.79 Å². The smallest absolute Gasteiger partial charge is 0.239 e. The Hall–Kier alpha value is -1.66. The van der Waals surface area contributed by atoms with Gasteiger partial charge in [-0.2, -0.15) is 4.31 Å². The molecule has 0 spiro atoms. The topological polar surface area (TPSA) is 57.7 Å². The highest BCUT2D eigenvalue weighted by Crippen LogP contribution is 2.29. The zero-order valence-corrected chi connectivity index (χ0v) is 15.1. The second kappa shape index (κ2) is 6.69. The molecule has 1 aliphatic carbocycles. The molecule has 130 valence electrons. The maximum Gasteiger partial charge on any atom is 0.239 e. The van der Waals surface area contributed by atoms with Gasteiger partial charge in [0.25, 0.3) is 0 Å². The molecule has 1 aromatic rings. The van der Waals surface area contributed by atoms with E-state index in [1.54, 1.807) is 11.0 Å². The molecule has 1 heterocycles. The van der Waals surface area contributed by atoms with Crippen molar-refractivity contribution in [2.45, 2.75) is 26.7 Å². The van der Waals surface area contributed by atoms with Crippen molar-refractivity contribution in [1.29, 1.82) is 0 Å². The van der Waals surface area contributed by atoms with Crippen LogP contribution >= 0.6 is 0 Å². The molecule has 3 rings (SSSR count). The van der Waals surface area contributed by atoms with Gasteiger partial charge >= 0.3 is 0 Å². The van der Waals surface area contributed by atoms with Crippen LogP contribution in [0.15, 0.2) is 29.2 Å². The molecular formula is C18H24N2O3S. The predicted octanol–water partition coefficient (Wildman–Crippen LogP) is 2.10. The van der Waals surface area contributed by atoms with Gasteiger partial charge in [0.15, 0.2) is 0 Å². The van der Waals surface area contributed by atoms with Crippen molar-refractivity contribution >= 4 is 22.0 Å². The molecule has 0 saturated carbocycles. The average Bonchev–Trinajstić information content (AvgIpc) is 2.60. The molecule has 1 aliphatic heterocycles. The number of carbonyl (C=O) groups excluding carboxylic acids is 1. The van der Waals surface area contributed by atoms with Crippen LogP contribution in [0.5, 0.6) is 0 Å². The lowest BCUT2D eigenvalue weighted by Crippen LogP contribution is -2.51. The van der Waals surface area contributed by atoms with E-state index in [4.69, 9.17) is 0 Å². The molecule has 0 atom stereocenters. The van der Waals surface area contributed by atoms with Gasteiger partial charge in [0.2, 0.25) is 15.9 Å². The highest BCUT2D eigenvalue weighted by Gasteiger charge is 2.32. The van der Waals surface area contributed by atoms with Gasteiger partial charge in [0, 0.05) is 32.1 Å². The highest BCUT2D eigenvalue weighted by molar-refractivity contribution is 7.93. The van der Waals surface area contributed by atoms with E-state index < -0.39 is 10.0 Å². The molecule has 0 unspecified atom stereocenters. The number of hydrogen-bond acceptors (Lipinski definition) is 3. The molecule has 6 heteroatoms. The maximum atomic E-state index is 12.9. The van der Waals surface area contributed by atoms with Crippen molar-refractivity contribution in [3.63, 3.8) is 0 Å². The normalized spacial score (nSPS) is 19.1. The summed E-state index contributed by atoms with van der Waals surface area (Å²) in [6.45, 7) is 5.44. The fourth-order valence-electron chi connectivity index (χ4n) is 3.29. The van der Waals surface area contributed by atoms with Crippen molar-refractivity contribution in [2.75, 3.05) is 26.2 Å². The molecule has 0 radical (unpaired) electrons. The van der Waals surface area contributed by atoms with E-state index in [0.717, 1.165) is 12.0 Å². The van der Waals surface area contributed by atoms with Gasteiger partial charge in [-0.1, -0.05) is 38.1 Å². The molecule has 1 saturated heterocycles. The summed E-state index contributed by atoms with van der Waals surface area (Å²) in [7, 11) is -3.44. The van der Waals surface area contributed by atoms with Crippen molar-refractivity contribution in [1.82, 2.24) is 9.21 Å². The third kappa shape index (κ3) is 3.26. The van der Waals surface area contributed by atoms with Crippen molar-refractivity contribution < 1.29 is 13.2 Å². The first-order valence-electron chi connectivity index (χ1n) is 8.47. The summed E-state index contributed by atoms with van der Waals surface area (Å²) in [5.41, 5.74) is 2.19. The lowest BCUT2D eigenvalue weighted by atomic mass is 9.98. The highest BCUT2D eigenvalue weighted by atomic mass is 32.2. The summed E-state index contributed by atoms with van der Waals surface area (Å²) >= 11 is 0. The van der Waals surface area contributed by atoms with Gasteiger partial charge < -0.3 is 4.90 Å². The summed E-state index contributed by atoms with van der Waals surface area (Å²) in [5.74, 6) is 0.0450. The van der Waals surface area contributed by atoms with Gasteiger partial charge in [0.05, 0.1) is 4.91 Å². The number of nitrogens with zero attached hydrogens (tertiary/aromatic N) is 2. The number of piperazine rings is 1. The molecule has 2 aliphatic rings. The molecule has 24 heavy (non-hydrogen) atoms. The van der Waals surface area contributed by atoms with Gasteiger partial charge in [0.1, 0.15) is 0 Å². The quantitative estimate of drug-likeness (QED) is 0.840. The number of amides is 1. The average molecular weight is 348 g/mol. The minimum atomic E-state index is -3.44. The SMILES string of the molecule is CC(C)C(=O)N1CCN(S(=O)(=O)C2=Cc3ccccc3CC2)CC1. The zero-order chi connectivity index (χ0) is 17.3. The van der Waals surface area contributed by atoms with E-state index >= 15 is 0 Å². The van der Waals surface area contributed by atoms with Crippen LogP contribution in [-0.4, -0.2) is 49.7 Å². The summed E-state index contributed by atoms with van der Waals surface area (Å²) in [6.07, 6.45) is 3.11. The monoisotopic (exact) mass is 348 g/mol. The molecule has 1 fully saturated rings. The predicted molar refractivity (Wildman–Crippen MR) is 94.7 cm³/mol. The number of fused-ring (bicyclic) bond motifs is 1. The van der Waals surface area contributed by atoms with Crippen LogP contribution in [0.4, 0.5) is 0 Å². The third-order valence-corrected chi connectivity index (χ3v) is 6.76. The van der Waals surface area contributed by atoms with Crippen molar-refractivity contribution in [3.8, 4) is 0 Å². The molecule has 1 aromatic carbocycles. The van der Waals surface area contributed by atoms with E-state index in [-0.39, 0.29) is 11.8 Å². The van der Waals surface area contributed by atoms with Crippen LogP contribution in [0.1, 0.15) is 31.4 Å². The van der Waals surface area contributed by atoms with Crippen molar-refractivity contribution in [2.24, 2.45) is 5.92 Å². The maximum absolute atomic E-state index is 12.9. The molecular weight excluding hydrogens is 324 g/mol. The molecule has 0 N–H and O–H groups in total. The molecule has 0 bridgehead atoms. The lowest BCUT2D eigenvalue weighted by molar-refractivity contribution is -0.135. The summed E-state index contributed by atoms with van der Waals surface area (Å²) < 4.78 is 27.4. The van der Waals surface area contributed by atoms with Crippen molar-refractivity contribution in [3.05, 3.63) is 40.3 Å². The Balaban J connectivity index is 1.74. The Morgan fingerprint density at radius 1 is 1.04 bits per heavy atom. The fourth-order valence-corrected chi connectivity index (χ4v) is 4.90. The third-order valence-electron chi connectivity index (χ3n) is 4.73. The van der Waals surface area contributed by atoms with E-state index in [1.165, 1.54) is 9.87 Å². The van der Waals surface area contributed by atoms with Crippen LogP contribution in [-0.2, 0) is 21.2 Å². The Bertz CT molecular complexity index is 760. The summed E-state index contributed by atoms with van der Waals surface area (Å²) in [5, 5.41) is 0. The van der Waals surface area contributed by atoms with Gasteiger partial charge in [-0.05, 0) is 30.0 Å². The number of rotatable bonds is 3. The van der Waals surface area contributed by atoms with E-state index in [0.29, 0.717) is 37.5 Å². The Labute approximate surface area is 144 Å². The fraction of sp³-hybridized carbons (Fsp3) is 0.500. The molecule has 1 amide bonds. The number of benzene rings is 1. The summed E-state index contributed by atoms with van der Waals surface area (Å²) in [4.78, 5) is 14.3. The Kier molecular flexibility index (Phi) is 4.78. The first-order valence-corrected chi connectivity index (χ1v) is 9.91. The standard InChI is InChI=1S/C18H24N2O3S/c1-14(2)18(21)19-9-11-20(12-10-19)24(22,23)17-8-7-15-5-3-4-6-16(15)13-17/h3-6,13-14H,7-12H2,1-2H3. The second-order valence-electron chi connectivity index (χ2n) is 6.69. The zero-order valence-electron chi connectivity index (χ0n) is 14.2. The van der Waals surface area contributed by atoms with E-state index in [9.17, 15) is 13.2 Å². The van der Waals surface area contributed by atoms with E-state index in [2.05, 4.69) is 0 Å². The number of carbonyl (C=O) groups is 1. The molecule has 5 nitrogen and oxygen atoms in total. The van der Waals surface area contributed by atoms with E-state index in [1.807, 2.05) is 38.1 Å². The Morgan fingerprint density at radius 2 is 1.71 bits per heavy atom. The van der Waals surface area contributed by atoms with Crippen LogP contribution in [0.3, 0.4) is 0 Å². The summed E-state index contributed by atoms with van der Waals surface area (Å²) in [6, 6.07) is 7.92. The largest absolute Gasteiger partial charge is 0.340 e. The van der Waals surface area contributed by atoms with Gasteiger partial charge in [-0.15, -0.1) is 0 Å². The lowest BCUT2D eigenvalue weighted by Gasteiger charge is -2.35. The minimum Gasteiger partial charge on any atom is -0.340 e.